The predicted octanol–water partition coefficient (Wildman–Crippen LogP) is 2.44. The van der Waals surface area contributed by atoms with E-state index >= 15 is 0 Å². The molecular formula is C23H30O7. The van der Waals surface area contributed by atoms with Crippen LogP contribution in [0.25, 0.3) is 0 Å². The van der Waals surface area contributed by atoms with Crippen molar-refractivity contribution in [2.24, 2.45) is 28.6 Å². The number of esters is 1. The van der Waals surface area contributed by atoms with Crippen molar-refractivity contribution in [1.29, 1.82) is 0 Å². The number of hydrogen-bond acceptors (Lipinski definition) is 6. The van der Waals surface area contributed by atoms with Crippen molar-refractivity contribution in [3.8, 4) is 0 Å². The number of carbonyl (C=O) groups excluding carboxylic acids is 3. The van der Waals surface area contributed by atoms with Crippen molar-refractivity contribution < 1.29 is 34.1 Å². The Bertz CT molecular complexity index is 860. The molecule has 0 aromatic carbocycles. The highest BCUT2D eigenvalue weighted by atomic mass is 16.6. The lowest BCUT2D eigenvalue weighted by Gasteiger charge is -2.60. The normalized spacial score (nSPS) is 44.9. The summed E-state index contributed by atoms with van der Waals surface area (Å²) in [6.45, 7) is 5.13. The van der Waals surface area contributed by atoms with Crippen LogP contribution >= 0.6 is 0 Å². The van der Waals surface area contributed by atoms with Crippen LogP contribution in [0.2, 0.25) is 0 Å². The van der Waals surface area contributed by atoms with Crippen molar-refractivity contribution in [3.63, 3.8) is 0 Å². The van der Waals surface area contributed by atoms with E-state index in [4.69, 9.17) is 4.74 Å². The lowest BCUT2D eigenvalue weighted by Crippen LogP contribution is -2.63. The average molecular weight is 418 g/mol. The van der Waals surface area contributed by atoms with Gasteiger partial charge in [-0.3, -0.25) is 14.4 Å². The van der Waals surface area contributed by atoms with E-state index in [9.17, 15) is 29.4 Å². The first-order valence-corrected chi connectivity index (χ1v) is 10.9. The maximum Gasteiger partial charge on any atom is 0.376 e. The van der Waals surface area contributed by atoms with Crippen LogP contribution in [0.5, 0.6) is 0 Å². The van der Waals surface area contributed by atoms with Crippen LogP contribution in [0.1, 0.15) is 65.7 Å². The first-order valence-electron chi connectivity index (χ1n) is 10.9. The van der Waals surface area contributed by atoms with Gasteiger partial charge in [-0.2, -0.15) is 0 Å². The summed E-state index contributed by atoms with van der Waals surface area (Å²) >= 11 is 0. The molecule has 2 N–H and O–H groups in total. The van der Waals surface area contributed by atoms with Gasteiger partial charge in [0.15, 0.2) is 11.4 Å². The molecule has 0 radical (unpaired) electrons. The fraction of sp³-hybridized carbons (Fsp3) is 0.739. The summed E-state index contributed by atoms with van der Waals surface area (Å²) in [6.07, 6.45) is 4.61. The maximum absolute atomic E-state index is 12.9. The van der Waals surface area contributed by atoms with Gasteiger partial charge in [0.2, 0.25) is 0 Å². The standard InChI is InChI=1S/C23H30O7/c1-12(24)30-23(19(27)20(28)29)9-7-16-15-5-4-13-10-14(25)6-8-21(13,2)18(15)17(26)11-22(16,23)3/h10,15-18,26H,4-9,11H2,1-3H3,(H,28,29)/t15-,16-,17?,18+,21-,22-,23-/m0/s1. The zero-order valence-corrected chi connectivity index (χ0v) is 17.8. The highest BCUT2D eigenvalue weighted by molar-refractivity contribution is 6.36. The van der Waals surface area contributed by atoms with E-state index in [0.29, 0.717) is 19.3 Å². The monoisotopic (exact) mass is 418 g/mol. The zero-order chi connectivity index (χ0) is 22.1. The van der Waals surface area contributed by atoms with E-state index in [1.54, 1.807) is 6.08 Å². The second-order valence-corrected chi connectivity index (χ2v) is 10.2. The van der Waals surface area contributed by atoms with E-state index in [2.05, 4.69) is 6.92 Å². The molecule has 0 aliphatic heterocycles. The molecule has 0 aromatic heterocycles. The molecular weight excluding hydrogens is 388 g/mol. The Morgan fingerprint density at radius 1 is 1.13 bits per heavy atom. The highest BCUT2D eigenvalue weighted by Crippen LogP contribution is 2.68. The van der Waals surface area contributed by atoms with Crippen molar-refractivity contribution in [2.75, 3.05) is 0 Å². The number of rotatable bonds is 3. The van der Waals surface area contributed by atoms with Gasteiger partial charge in [0, 0.05) is 18.8 Å². The molecule has 7 heteroatoms. The molecule has 7 nitrogen and oxygen atoms in total. The van der Waals surface area contributed by atoms with Crippen LogP contribution in [0, 0.1) is 28.6 Å². The molecule has 0 heterocycles. The molecule has 0 saturated heterocycles. The first kappa shape index (κ1) is 21.2. The Labute approximate surface area is 175 Å². The molecule has 30 heavy (non-hydrogen) atoms. The van der Waals surface area contributed by atoms with Gasteiger partial charge in [0.25, 0.3) is 5.78 Å². The minimum absolute atomic E-state index is 0.0375. The van der Waals surface area contributed by atoms with Crippen LogP contribution in [-0.2, 0) is 23.9 Å². The molecule has 0 amide bonds. The number of carbonyl (C=O) groups is 4. The number of aliphatic hydroxyl groups is 1. The minimum Gasteiger partial charge on any atom is -0.475 e. The van der Waals surface area contributed by atoms with Crippen LogP contribution < -0.4 is 0 Å². The predicted molar refractivity (Wildman–Crippen MR) is 105 cm³/mol. The summed E-state index contributed by atoms with van der Waals surface area (Å²) in [5.74, 6) is -3.28. The van der Waals surface area contributed by atoms with Gasteiger partial charge < -0.3 is 14.9 Å². The number of aliphatic carboxylic acids is 1. The van der Waals surface area contributed by atoms with Crippen LogP contribution in [0.3, 0.4) is 0 Å². The molecule has 4 rings (SSSR count). The molecule has 4 aliphatic carbocycles. The van der Waals surface area contributed by atoms with Gasteiger partial charge in [-0.25, -0.2) is 4.79 Å². The quantitative estimate of drug-likeness (QED) is 0.534. The van der Waals surface area contributed by atoms with Gasteiger partial charge in [-0.05, 0) is 67.8 Å². The van der Waals surface area contributed by atoms with E-state index < -0.39 is 34.8 Å². The molecule has 7 atom stereocenters. The minimum atomic E-state index is -1.75. The Morgan fingerprint density at radius 2 is 1.83 bits per heavy atom. The highest BCUT2D eigenvalue weighted by Gasteiger charge is 2.71. The summed E-state index contributed by atoms with van der Waals surface area (Å²) in [4.78, 5) is 48.4. The van der Waals surface area contributed by atoms with Gasteiger partial charge in [0.05, 0.1) is 6.10 Å². The number of fused-ring (bicyclic) bond motifs is 5. The molecule has 1 unspecified atom stereocenters. The summed E-state index contributed by atoms with van der Waals surface area (Å²) in [6, 6.07) is 0. The third-order valence-electron chi connectivity index (χ3n) is 8.90. The Kier molecular flexibility index (Phi) is 4.77. The van der Waals surface area contributed by atoms with Gasteiger partial charge >= 0.3 is 11.9 Å². The molecule has 0 aromatic rings. The number of Topliss-reactive ketones (excluding diaryl/α,β-unsaturated/α-hetero) is 1. The van der Waals surface area contributed by atoms with Gasteiger partial charge in [-0.15, -0.1) is 0 Å². The second-order valence-electron chi connectivity index (χ2n) is 10.2. The summed E-state index contributed by atoms with van der Waals surface area (Å²) in [5, 5.41) is 20.9. The summed E-state index contributed by atoms with van der Waals surface area (Å²) in [7, 11) is 0. The van der Waals surface area contributed by atoms with Crippen molar-refractivity contribution in [1.82, 2.24) is 0 Å². The van der Waals surface area contributed by atoms with E-state index in [1.807, 2.05) is 6.92 Å². The summed E-state index contributed by atoms with van der Waals surface area (Å²) in [5.41, 5.74) is -1.87. The van der Waals surface area contributed by atoms with Crippen LogP contribution in [-0.4, -0.2) is 45.4 Å². The third-order valence-corrected chi connectivity index (χ3v) is 8.90. The van der Waals surface area contributed by atoms with E-state index in [-0.39, 0.29) is 41.8 Å². The second kappa shape index (κ2) is 6.74. The third kappa shape index (κ3) is 2.67. The number of allylic oxidation sites excluding steroid dienone is 1. The number of carboxylic acid groups (broad SMARTS) is 1. The number of aliphatic hydroxyl groups excluding tert-OH is 1. The fourth-order valence-electron chi connectivity index (χ4n) is 7.68. The van der Waals surface area contributed by atoms with Crippen LogP contribution in [0.15, 0.2) is 11.6 Å². The van der Waals surface area contributed by atoms with Crippen LogP contribution in [0.4, 0.5) is 0 Å². The molecule has 0 spiro atoms. The molecule has 3 saturated carbocycles. The number of ether oxygens (including phenoxy) is 1. The molecule has 4 aliphatic rings. The zero-order valence-electron chi connectivity index (χ0n) is 17.8. The summed E-state index contributed by atoms with van der Waals surface area (Å²) < 4.78 is 5.53. The fourth-order valence-corrected chi connectivity index (χ4v) is 7.68. The van der Waals surface area contributed by atoms with Gasteiger partial charge in [-0.1, -0.05) is 19.4 Å². The smallest absolute Gasteiger partial charge is 0.376 e. The number of ketones is 2. The number of carboxylic acids is 1. The Morgan fingerprint density at radius 3 is 2.47 bits per heavy atom. The Hall–Kier alpha value is -2.02. The van der Waals surface area contributed by atoms with Crippen molar-refractivity contribution >= 4 is 23.5 Å². The largest absolute Gasteiger partial charge is 0.475 e. The van der Waals surface area contributed by atoms with Crippen molar-refractivity contribution in [3.05, 3.63) is 11.6 Å². The maximum atomic E-state index is 12.9. The topological polar surface area (TPSA) is 118 Å². The lowest BCUT2D eigenvalue weighted by molar-refractivity contribution is -0.201. The average Bonchev–Trinajstić information content (AvgIpc) is 2.93. The lowest BCUT2D eigenvalue weighted by atomic mass is 9.45. The molecule has 164 valence electrons. The first-order chi connectivity index (χ1) is 14.0. The Balaban J connectivity index is 1.77. The SMILES string of the molecule is CC(=O)O[C@]1(C(=O)C(=O)O)CC[C@H]2[C@@H]3CCC4=CC(=O)CC[C@]4(C)[C@H]3C(O)C[C@@]21C. The van der Waals surface area contributed by atoms with E-state index in [0.717, 1.165) is 18.4 Å². The molecule has 0 bridgehead atoms. The van der Waals surface area contributed by atoms with Gasteiger partial charge in [0.1, 0.15) is 0 Å². The number of hydrogen-bond donors (Lipinski definition) is 2. The van der Waals surface area contributed by atoms with Crippen molar-refractivity contribution in [2.45, 2.75) is 77.4 Å². The van der Waals surface area contributed by atoms with E-state index in [1.165, 1.54) is 6.92 Å². The molecule has 3 fully saturated rings.